The summed E-state index contributed by atoms with van der Waals surface area (Å²) >= 11 is 0. The summed E-state index contributed by atoms with van der Waals surface area (Å²) in [6, 6.07) is -1.23. The molecule has 17 heteroatoms. The van der Waals surface area contributed by atoms with Crippen molar-refractivity contribution < 1.29 is 67.3 Å². The number of carbonyl (C=O) groups is 5. The third-order valence-electron chi connectivity index (χ3n) is 15.2. The fraction of sp³-hybridized carbons (Fsp3) is 0.746. The summed E-state index contributed by atoms with van der Waals surface area (Å²) in [5, 5.41) is 23.8. The number of esters is 4. The number of aliphatic hydroxyl groups is 2. The molecule has 17 atom stereocenters. The molecule has 0 radical (unpaired) electrons. The highest BCUT2D eigenvalue weighted by atomic mass is 16.6. The minimum Gasteiger partial charge on any atom is -0.462 e. The van der Waals surface area contributed by atoms with Gasteiger partial charge >= 0.3 is 23.9 Å². The molecule has 1 rings (SSSR count). The number of nitrogens with zero attached hydrogens (tertiary/aromatic N) is 3. The van der Waals surface area contributed by atoms with Crippen LogP contribution < -0.4 is 0 Å². The average molecular weight is 1080 g/mol. The molecule has 0 spiro atoms. The molecule has 1 amide bonds. The molecule has 0 unspecified atom stereocenters. The number of carbonyl (C=O) groups excluding carboxylic acids is 5. The lowest BCUT2D eigenvalue weighted by atomic mass is 9.82. The van der Waals surface area contributed by atoms with Gasteiger partial charge in [0.2, 0.25) is 6.41 Å². The minimum absolute atomic E-state index is 0.129. The smallest absolute Gasteiger partial charge is 0.331 e. The highest BCUT2D eigenvalue weighted by Crippen LogP contribution is 2.32. The highest BCUT2D eigenvalue weighted by molar-refractivity contribution is 5.82. The number of likely N-dealkylation sites (N-methyl/N-ethyl adjacent to an activating group) is 2. The van der Waals surface area contributed by atoms with Crippen LogP contribution >= 0.6 is 0 Å². The fourth-order valence-electron chi connectivity index (χ4n) is 9.39. The number of hydrogen-bond acceptors (Lipinski definition) is 16. The van der Waals surface area contributed by atoms with Crippen molar-refractivity contribution in [1.29, 1.82) is 0 Å². The summed E-state index contributed by atoms with van der Waals surface area (Å²) in [7, 11) is 13.6. The van der Waals surface area contributed by atoms with Crippen LogP contribution in [0.4, 0.5) is 0 Å². The van der Waals surface area contributed by atoms with Crippen LogP contribution in [0.5, 0.6) is 0 Å². The maximum Gasteiger partial charge on any atom is 0.331 e. The molecule has 0 bridgehead atoms. The van der Waals surface area contributed by atoms with E-state index in [-0.39, 0.29) is 55.3 Å². The largest absolute Gasteiger partial charge is 0.462 e. The maximum atomic E-state index is 13.6. The number of methoxy groups -OCH3 is 3. The number of hydrogen-bond donors (Lipinski definition) is 2. The lowest BCUT2D eigenvalue weighted by Crippen LogP contribution is -2.44. The summed E-state index contributed by atoms with van der Waals surface area (Å²) in [6.07, 6.45) is 15.5. The SMILES string of the molecule is COC[C@@H](C(=O)O[C@@H]1C/C=C/C=C/C(=O)O[C@H]([C@@H](C)[C@@H](O)[C@@H](C)CC[C@@H](OC(=O)[C@H](C)N(C)C)[C@H](C)[C@H](OC(C)=O)[C@H](C)/C=C/N(C)C=O)C/C=C/[C@H](OC)C[C@H](C)C/C=C(\C)[C@@H](OC)CC[C@@H](C)[C@@H](O)[C@@H]1C)N(C)C. The number of aliphatic hydroxyl groups excluding tert-OH is 2. The van der Waals surface area contributed by atoms with E-state index >= 15 is 0 Å². The van der Waals surface area contributed by atoms with Crippen molar-refractivity contribution in [3.63, 3.8) is 0 Å². The summed E-state index contributed by atoms with van der Waals surface area (Å²) in [6.45, 7) is 18.8. The van der Waals surface area contributed by atoms with E-state index in [0.29, 0.717) is 32.1 Å². The van der Waals surface area contributed by atoms with Gasteiger partial charge in [-0.3, -0.25) is 29.0 Å². The first kappa shape index (κ1) is 69.8. The molecule has 436 valence electrons. The molecule has 1 aliphatic rings. The van der Waals surface area contributed by atoms with Gasteiger partial charge in [-0.05, 0) is 104 Å². The van der Waals surface area contributed by atoms with Crippen LogP contribution in [0.3, 0.4) is 0 Å². The molecule has 1 aliphatic heterocycles. The minimum atomic E-state index is -0.973. The van der Waals surface area contributed by atoms with Crippen LogP contribution in [0.2, 0.25) is 0 Å². The van der Waals surface area contributed by atoms with Crippen molar-refractivity contribution in [2.75, 3.05) is 63.2 Å². The van der Waals surface area contributed by atoms with Gasteiger partial charge in [0.25, 0.3) is 0 Å². The third-order valence-corrected chi connectivity index (χ3v) is 15.2. The Balaban J connectivity index is 3.70. The Morgan fingerprint density at radius 1 is 0.868 bits per heavy atom. The summed E-state index contributed by atoms with van der Waals surface area (Å²) < 4.78 is 41.5. The number of amides is 1. The fourth-order valence-corrected chi connectivity index (χ4v) is 9.39. The van der Waals surface area contributed by atoms with Crippen molar-refractivity contribution in [2.24, 2.45) is 41.4 Å². The Hall–Kier alpha value is -4.23. The Morgan fingerprint density at radius 2 is 1.54 bits per heavy atom. The van der Waals surface area contributed by atoms with Crippen LogP contribution in [0.1, 0.15) is 121 Å². The van der Waals surface area contributed by atoms with Crippen LogP contribution in [0.15, 0.2) is 60.4 Å². The van der Waals surface area contributed by atoms with Crippen molar-refractivity contribution in [2.45, 2.75) is 182 Å². The van der Waals surface area contributed by atoms with E-state index in [1.54, 1.807) is 96.7 Å². The molecule has 0 saturated heterocycles. The Bertz CT molecular complexity index is 1870. The van der Waals surface area contributed by atoms with Gasteiger partial charge in [0.05, 0.1) is 31.0 Å². The molecule has 76 heavy (non-hydrogen) atoms. The zero-order valence-corrected chi connectivity index (χ0v) is 49.6. The van der Waals surface area contributed by atoms with Gasteiger partial charge in [-0.2, -0.15) is 0 Å². The number of ether oxygens (including phenoxy) is 7. The van der Waals surface area contributed by atoms with Gasteiger partial charge in [-0.1, -0.05) is 91.0 Å². The highest BCUT2D eigenvalue weighted by Gasteiger charge is 2.38. The standard InChI is InChI=1S/C59H101N3O14/c1-38-27-28-39(2)50(72-18)31-29-40(3)56(67)44(7)52(76-59(69)49(36-70-16)61(13)14)24-20-19-21-26-54(65)74-51(25-22-23-48(35-38)71-17)43(6)55(66)41(4)30-32-53(75-58(68)46(9)60(11)12)45(8)57(73-47(10)64)42(5)33-34-62(15)37-63/h19-23,26,28,33-34,37-38,40-46,48-53,55-57,66-67H,24-25,27,29-32,35-36H2,1-18H3/b20-19+,23-22+,26-21+,34-33+,39-28+/t38-,40-,41+,42-,43-,44-,45+,46+,48+,49+,50+,51+,52-,53-,55+,56-,57-/m1/s1. The van der Waals surface area contributed by atoms with Gasteiger partial charge in [-0.15, -0.1) is 0 Å². The molecule has 0 aromatic rings. The van der Waals surface area contributed by atoms with Crippen LogP contribution in [0.25, 0.3) is 0 Å². The molecule has 0 saturated carbocycles. The summed E-state index contributed by atoms with van der Waals surface area (Å²) in [5.74, 6) is -4.21. The maximum absolute atomic E-state index is 13.6. The molecule has 0 fully saturated rings. The number of allylic oxidation sites excluding steroid dienone is 3. The number of cyclic esters (lactones) is 1. The zero-order chi connectivity index (χ0) is 57.8. The second-order valence-electron chi connectivity index (χ2n) is 21.9. The van der Waals surface area contributed by atoms with Gasteiger partial charge in [-0.25, -0.2) is 4.79 Å². The van der Waals surface area contributed by atoms with E-state index in [1.807, 2.05) is 53.7 Å². The molecule has 1 heterocycles. The molecular weight excluding hydrogens is 975 g/mol. The molecular formula is C59H101N3O14. The summed E-state index contributed by atoms with van der Waals surface area (Å²) in [4.78, 5) is 69.3. The average Bonchev–Trinajstić information content (AvgIpc) is 3.38. The predicted octanol–water partition coefficient (Wildman–Crippen LogP) is 7.74. The zero-order valence-electron chi connectivity index (χ0n) is 49.6. The normalized spacial score (nSPS) is 28.6. The Morgan fingerprint density at radius 3 is 2.12 bits per heavy atom. The number of rotatable bonds is 23. The Kier molecular flexibility index (Phi) is 33.8. The second-order valence-corrected chi connectivity index (χ2v) is 21.9. The van der Waals surface area contributed by atoms with Crippen LogP contribution in [0, 0.1) is 41.4 Å². The van der Waals surface area contributed by atoms with E-state index in [1.165, 1.54) is 25.0 Å². The van der Waals surface area contributed by atoms with E-state index in [9.17, 15) is 34.2 Å². The van der Waals surface area contributed by atoms with E-state index in [4.69, 9.17) is 33.2 Å². The van der Waals surface area contributed by atoms with Gasteiger partial charge in [0.15, 0.2) is 0 Å². The third kappa shape index (κ3) is 25.1. The second kappa shape index (κ2) is 36.8. The quantitative estimate of drug-likeness (QED) is 0.0435. The molecule has 2 N–H and O–H groups in total. The van der Waals surface area contributed by atoms with Crippen molar-refractivity contribution in [3.8, 4) is 0 Å². The molecule has 0 aliphatic carbocycles. The van der Waals surface area contributed by atoms with E-state index in [0.717, 1.165) is 18.4 Å². The predicted molar refractivity (Wildman–Crippen MR) is 297 cm³/mol. The topological polar surface area (TPSA) is 200 Å². The first-order valence-corrected chi connectivity index (χ1v) is 27.3. The van der Waals surface area contributed by atoms with Gasteiger partial charge < -0.3 is 48.3 Å². The first-order valence-electron chi connectivity index (χ1n) is 27.3. The summed E-state index contributed by atoms with van der Waals surface area (Å²) in [5.41, 5.74) is 1.10. The lowest BCUT2D eigenvalue weighted by Gasteiger charge is -2.35. The first-order chi connectivity index (χ1) is 35.7. The van der Waals surface area contributed by atoms with Crippen molar-refractivity contribution in [3.05, 3.63) is 60.4 Å². The van der Waals surface area contributed by atoms with Crippen molar-refractivity contribution in [1.82, 2.24) is 14.7 Å². The van der Waals surface area contributed by atoms with Crippen molar-refractivity contribution >= 4 is 30.3 Å². The molecule has 17 nitrogen and oxygen atoms in total. The van der Waals surface area contributed by atoms with Gasteiger partial charge in [0.1, 0.15) is 36.5 Å². The monoisotopic (exact) mass is 1080 g/mol. The van der Waals surface area contributed by atoms with Gasteiger partial charge in [0, 0.05) is 84.1 Å². The van der Waals surface area contributed by atoms with E-state index in [2.05, 4.69) is 19.9 Å². The van der Waals surface area contributed by atoms with Crippen LogP contribution in [-0.2, 0) is 57.1 Å². The van der Waals surface area contributed by atoms with Crippen LogP contribution in [-0.4, -0.2) is 179 Å². The molecule has 0 aromatic heterocycles. The van der Waals surface area contributed by atoms with E-state index < -0.39 is 90.3 Å². The lowest BCUT2D eigenvalue weighted by molar-refractivity contribution is -0.166. The Labute approximate surface area is 457 Å². The molecule has 0 aromatic carbocycles.